The van der Waals surface area contributed by atoms with E-state index >= 15 is 0 Å². The molecule has 0 aliphatic rings. The summed E-state index contributed by atoms with van der Waals surface area (Å²) in [4.78, 5) is 23.8. The van der Waals surface area contributed by atoms with Crippen LogP contribution < -0.4 is 5.32 Å². The molecule has 1 atom stereocenters. The summed E-state index contributed by atoms with van der Waals surface area (Å²) in [6.45, 7) is 1.98. The first-order valence-electron chi connectivity index (χ1n) is 6.00. The van der Waals surface area contributed by atoms with Gasteiger partial charge in [0, 0.05) is 20.1 Å². The largest absolute Gasteiger partial charge is 0.507 e. The summed E-state index contributed by atoms with van der Waals surface area (Å²) >= 11 is 3.19. The molecule has 0 bridgehead atoms. The fourth-order valence-electron chi connectivity index (χ4n) is 1.54. The number of halogens is 1. The quantitative estimate of drug-likeness (QED) is 0.762. The molecule has 1 aromatic rings. The summed E-state index contributed by atoms with van der Waals surface area (Å²) in [6.07, 6.45) is 0. The number of hydrogen-bond donors (Lipinski definition) is 3. The van der Waals surface area contributed by atoms with Gasteiger partial charge in [0.1, 0.15) is 5.75 Å². The van der Waals surface area contributed by atoms with E-state index in [0.717, 1.165) is 5.56 Å². The van der Waals surface area contributed by atoms with Crippen LogP contribution in [-0.2, 0) is 11.3 Å². The monoisotopic (exact) mass is 344 g/mol. The Morgan fingerprint density at radius 2 is 2.10 bits per heavy atom. The summed E-state index contributed by atoms with van der Waals surface area (Å²) < 4.78 is 0.553. The number of nitrogens with one attached hydrogen (secondary N) is 1. The Bertz CT molecular complexity index is 507. The van der Waals surface area contributed by atoms with E-state index in [4.69, 9.17) is 5.11 Å². The lowest BCUT2D eigenvalue weighted by molar-refractivity contribution is -0.141. The molecule has 0 radical (unpaired) electrons. The number of carboxylic acid groups (broad SMARTS) is 1. The van der Waals surface area contributed by atoms with Crippen molar-refractivity contribution < 1.29 is 19.8 Å². The maximum atomic E-state index is 11.8. The number of hydrogen-bond acceptors (Lipinski definition) is 3. The van der Waals surface area contributed by atoms with Gasteiger partial charge in [0.05, 0.1) is 10.4 Å². The zero-order valence-electron chi connectivity index (χ0n) is 11.3. The van der Waals surface area contributed by atoms with E-state index in [1.54, 1.807) is 26.1 Å². The molecule has 2 amide bonds. The highest BCUT2D eigenvalue weighted by atomic mass is 79.9. The first kappa shape index (κ1) is 16.3. The van der Waals surface area contributed by atoms with Crippen molar-refractivity contribution in [1.82, 2.24) is 10.2 Å². The Labute approximate surface area is 125 Å². The number of nitrogens with zero attached hydrogens (tertiary/aromatic N) is 1. The summed E-state index contributed by atoms with van der Waals surface area (Å²) in [5.74, 6) is -1.42. The van der Waals surface area contributed by atoms with E-state index in [2.05, 4.69) is 21.2 Å². The molecule has 1 rings (SSSR count). The fraction of sp³-hybridized carbons (Fsp3) is 0.385. The van der Waals surface area contributed by atoms with Gasteiger partial charge >= 0.3 is 12.0 Å². The molecule has 0 aliphatic heterocycles. The Hall–Kier alpha value is -1.76. The molecule has 0 saturated heterocycles. The lowest BCUT2D eigenvalue weighted by Gasteiger charge is -2.20. The third kappa shape index (κ3) is 4.73. The standard InChI is InChI=1S/C13H17BrN2O4/c1-8(12(18)19)7-16(2)13(20)15-6-9-3-4-11(17)10(14)5-9/h3-5,8,17H,6-7H2,1-2H3,(H,15,20)(H,18,19). The van der Waals surface area contributed by atoms with Gasteiger partial charge in [-0.15, -0.1) is 0 Å². The van der Waals surface area contributed by atoms with Gasteiger partial charge in [0.25, 0.3) is 0 Å². The maximum Gasteiger partial charge on any atom is 0.317 e. The van der Waals surface area contributed by atoms with Crippen LogP contribution in [0.2, 0.25) is 0 Å². The molecular formula is C13H17BrN2O4. The van der Waals surface area contributed by atoms with Gasteiger partial charge in [0.15, 0.2) is 0 Å². The van der Waals surface area contributed by atoms with Gasteiger partial charge in [-0.2, -0.15) is 0 Å². The van der Waals surface area contributed by atoms with E-state index in [1.165, 1.54) is 11.0 Å². The Morgan fingerprint density at radius 3 is 2.65 bits per heavy atom. The van der Waals surface area contributed by atoms with Crippen molar-refractivity contribution in [2.45, 2.75) is 13.5 Å². The van der Waals surface area contributed by atoms with Crippen LogP contribution in [-0.4, -0.2) is 40.7 Å². The molecule has 110 valence electrons. The number of aliphatic carboxylic acids is 1. The van der Waals surface area contributed by atoms with Gasteiger partial charge in [-0.1, -0.05) is 13.0 Å². The molecule has 0 spiro atoms. The molecular weight excluding hydrogens is 328 g/mol. The second kappa shape index (κ2) is 7.14. The molecule has 20 heavy (non-hydrogen) atoms. The molecule has 6 nitrogen and oxygen atoms in total. The van der Waals surface area contributed by atoms with Crippen molar-refractivity contribution in [1.29, 1.82) is 0 Å². The fourth-order valence-corrected chi connectivity index (χ4v) is 1.97. The molecule has 0 aliphatic carbocycles. The maximum absolute atomic E-state index is 11.8. The summed E-state index contributed by atoms with van der Waals surface area (Å²) in [7, 11) is 1.54. The zero-order chi connectivity index (χ0) is 15.3. The number of carbonyl (C=O) groups excluding carboxylic acids is 1. The number of phenolic OH excluding ortho intramolecular Hbond substituents is 1. The zero-order valence-corrected chi connectivity index (χ0v) is 12.8. The van der Waals surface area contributed by atoms with E-state index in [0.29, 0.717) is 11.0 Å². The van der Waals surface area contributed by atoms with Gasteiger partial charge < -0.3 is 20.4 Å². The van der Waals surface area contributed by atoms with Crippen LogP contribution in [0.3, 0.4) is 0 Å². The number of carboxylic acids is 1. The summed E-state index contributed by atoms with van der Waals surface area (Å²) in [5, 5.41) is 20.8. The number of rotatable bonds is 5. The van der Waals surface area contributed by atoms with Gasteiger partial charge in [-0.25, -0.2) is 4.79 Å². The number of aromatic hydroxyl groups is 1. The Morgan fingerprint density at radius 1 is 1.45 bits per heavy atom. The summed E-state index contributed by atoms with van der Waals surface area (Å²) in [6, 6.07) is 4.58. The second-order valence-corrected chi connectivity index (χ2v) is 5.42. The normalized spacial score (nSPS) is 11.8. The van der Waals surface area contributed by atoms with Crippen molar-refractivity contribution in [3.05, 3.63) is 28.2 Å². The lowest BCUT2D eigenvalue weighted by atomic mass is 10.2. The first-order chi connectivity index (χ1) is 9.31. The molecule has 0 fully saturated rings. The molecule has 0 saturated carbocycles. The van der Waals surface area contributed by atoms with E-state index in [-0.39, 0.29) is 18.3 Å². The van der Waals surface area contributed by atoms with Crippen LogP contribution in [0, 0.1) is 5.92 Å². The third-order valence-electron chi connectivity index (χ3n) is 2.77. The topological polar surface area (TPSA) is 89.9 Å². The highest BCUT2D eigenvalue weighted by molar-refractivity contribution is 9.10. The number of urea groups is 1. The van der Waals surface area contributed by atoms with E-state index in [9.17, 15) is 14.7 Å². The second-order valence-electron chi connectivity index (χ2n) is 4.56. The van der Waals surface area contributed by atoms with Crippen LogP contribution in [0.15, 0.2) is 22.7 Å². The van der Waals surface area contributed by atoms with Gasteiger partial charge in [0.2, 0.25) is 0 Å². The molecule has 7 heteroatoms. The van der Waals surface area contributed by atoms with Crippen molar-refractivity contribution in [3.8, 4) is 5.75 Å². The van der Waals surface area contributed by atoms with E-state index < -0.39 is 11.9 Å². The first-order valence-corrected chi connectivity index (χ1v) is 6.79. The number of carbonyl (C=O) groups is 2. The molecule has 3 N–H and O–H groups in total. The Balaban J connectivity index is 2.50. The predicted molar refractivity (Wildman–Crippen MR) is 77.5 cm³/mol. The average molecular weight is 345 g/mol. The highest BCUT2D eigenvalue weighted by Crippen LogP contribution is 2.24. The van der Waals surface area contributed by atoms with Gasteiger partial charge in [-0.3, -0.25) is 4.79 Å². The number of benzene rings is 1. The van der Waals surface area contributed by atoms with Gasteiger partial charge in [-0.05, 0) is 33.6 Å². The lowest BCUT2D eigenvalue weighted by Crippen LogP contribution is -2.40. The van der Waals surface area contributed by atoms with Crippen molar-refractivity contribution in [3.63, 3.8) is 0 Å². The number of amides is 2. The van der Waals surface area contributed by atoms with Crippen LogP contribution in [0.25, 0.3) is 0 Å². The predicted octanol–water partition coefficient (Wildman–Crippen LogP) is 2.02. The number of phenols is 1. The molecule has 0 aromatic heterocycles. The minimum atomic E-state index is -0.938. The SMILES string of the molecule is CC(CN(C)C(=O)NCc1ccc(O)c(Br)c1)C(=O)O. The summed E-state index contributed by atoms with van der Waals surface area (Å²) in [5.41, 5.74) is 0.822. The highest BCUT2D eigenvalue weighted by Gasteiger charge is 2.17. The van der Waals surface area contributed by atoms with E-state index in [1.807, 2.05) is 0 Å². The molecule has 1 aromatic carbocycles. The molecule has 1 unspecified atom stereocenters. The third-order valence-corrected chi connectivity index (χ3v) is 3.41. The smallest absolute Gasteiger partial charge is 0.317 e. The van der Waals surface area contributed by atoms with Crippen LogP contribution >= 0.6 is 15.9 Å². The Kier molecular flexibility index (Phi) is 5.82. The van der Waals surface area contributed by atoms with Crippen molar-refractivity contribution in [2.75, 3.05) is 13.6 Å². The minimum Gasteiger partial charge on any atom is -0.507 e. The molecule has 0 heterocycles. The van der Waals surface area contributed by atoms with Crippen LogP contribution in [0.5, 0.6) is 5.75 Å². The van der Waals surface area contributed by atoms with Crippen LogP contribution in [0.1, 0.15) is 12.5 Å². The minimum absolute atomic E-state index is 0.132. The van der Waals surface area contributed by atoms with Crippen molar-refractivity contribution in [2.24, 2.45) is 5.92 Å². The average Bonchev–Trinajstić information content (AvgIpc) is 2.39. The van der Waals surface area contributed by atoms with Crippen LogP contribution in [0.4, 0.5) is 4.79 Å². The van der Waals surface area contributed by atoms with Crippen molar-refractivity contribution >= 4 is 27.9 Å².